The van der Waals surface area contributed by atoms with E-state index in [1.54, 1.807) is 0 Å². The molecule has 1 atom stereocenters. The molecule has 1 unspecified atom stereocenters. The van der Waals surface area contributed by atoms with E-state index >= 15 is 0 Å². The van der Waals surface area contributed by atoms with Gasteiger partial charge in [-0.05, 0) is 63.2 Å². The van der Waals surface area contributed by atoms with Crippen LogP contribution in [0.4, 0.5) is 15.9 Å². The molecule has 2 aromatic rings. The van der Waals surface area contributed by atoms with Gasteiger partial charge in [0.05, 0.1) is 4.47 Å². The highest BCUT2D eigenvalue weighted by molar-refractivity contribution is 9.10. The molecular weight excluding hydrogens is 453 g/mol. The molecule has 0 spiro atoms. The first kappa shape index (κ1) is 20.5. The summed E-state index contributed by atoms with van der Waals surface area (Å²) < 4.78 is 31.2. The summed E-state index contributed by atoms with van der Waals surface area (Å²) in [6, 6.07) is 4.25. The van der Waals surface area contributed by atoms with Crippen LogP contribution >= 0.6 is 15.9 Å². The van der Waals surface area contributed by atoms with Crippen molar-refractivity contribution in [1.82, 2.24) is 10.3 Å². The Labute approximate surface area is 170 Å². The summed E-state index contributed by atoms with van der Waals surface area (Å²) >= 11 is 3.10. The number of amidine groups is 1. The first-order valence-corrected chi connectivity index (χ1v) is 11.5. The van der Waals surface area contributed by atoms with Gasteiger partial charge in [0.15, 0.2) is 5.69 Å². The molecule has 0 bridgehead atoms. The smallest absolute Gasteiger partial charge is 0.203 e. The molecule has 28 heavy (non-hydrogen) atoms. The fourth-order valence-electron chi connectivity index (χ4n) is 2.31. The number of benzene rings is 1. The molecule has 152 valence electrons. The van der Waals surface area contributed by atoms with Crippen LogP contribution in [0.5, 0.6) is 0 Å². The van der Waals surface area contributed by atoms with Gasteiger partial charge in [-0.2, -0.15) is 0 Å². The maximum absolute atomic E-state index is 13.4. The Kier molecular flexibility index (Phi) is 6.50. The Morgan fingerprint density at radius 1 is 1.46 bits per heavy atom. The first-order chi connectivity index (χ1) is 13.4. The summed E-state index contributed by atoms with van der Waals surface area (Å²) in [5.74, 6) is 1.07. The van der Waals surface area contributed by atoms with E-state index in [0.29, 0.717) is 23.9 Å². The Morgan fingerprint density at radius 2 is 2.25 bits per heavy atom. The van der Waals surface area contributed by atoms with E-state index in [4.69, 9.17) is 9.41 Å². The highest BCUT2D eigenvalue weighted by Gasteiger charge is 2.21. The molecule has 9 nitrogen and oxygen atoms in total. The lowest BCUT2D eigenvalue weighted by Crippen LogP contribution is -2.19. The number of hydrogen-bond donors (Lipinski definition) is 4. The summed E-state index contributed by atoms with van der Waals surface area (Å²) in [5, 5.41) is 26.0. The number of anilines is 2. The summed E-state index contributed by atoms with van der Waals surface area (Å²) in [4.78, 5) is 0. The summed E-state index contributed by atoms with van der Waals surface area (Å²) in [5.41, 5.74) is 0.650. The minimum Gasteiger partial charge on any atom is -0.409 e. The molecule has 1 fully saturated rings. The first-order valence-electron chi connectivity index (χ1n) is 8.58. The SMILES string of the molecule is CS(=N)(CCNc1nonc1/C(=N/O)Nc1ccc(F)c(Br)c1)=NCC1CC1. The van der Waals surface area contributed by atoms with Crippen molar-refractivity contribution in [2.45, 2.75) is 12.8 Å². The summed E-state index contributed by atoms with van der Waals surface area (Å²) in [6.45, 7) is 1.22. The Balaban J connectivity index is 1.63. The van der Waals surface area contributed by atoms with Crippen molar-refractivity contribution in [3.8, 4) is 0 Å². The van der Waals surface area contributed by atoms with E-state index in [-0.39, 0.29) is 21.8 Å². The second-order valence-electron chi connectivity index (χ2n) is 6.59. The van der Waals surface area contributed by atoms with Gasteiger partial charge in [0, 0.05) is 30.8 Å². The number of halogens is 2. The van der Waals surface area contributed by atoms with E-state index in [0.717, 1.165) is 6.54 Å². The second-order valence-corrected chi connectivity index (χ2v) is 10.2. The van der Waals surface area contributed by atoms with Gasteiger partial charge in [-0.3, -0.25) is 9.14 Å². The van der Waals surface area contributed by atoms with E-state index in [1.165, 1.54) is 31.0 Å². The third-order valence-electron chi connectivity index (χ3n) is 4.10. The maximum Gasteiger partial charge on any atom is 0.203 e. The molecule has 0 radical (unpaired) electrons. The van der Waals surface area contributed by atoms with E-state index in [1.807, 2.05) is 6.26 Å². The van der Waals surface area contributed by atoms with Crippen molar-refractivity contribution in [2.75, 3.05) is 35.7 Å². The molecule has 4 N–H and O–H groups in total. The van der Waals surface area contributed by atoms with Crippen LogP contribution in [0.15, 0.2) is 36.8 Å². The number of oxime groups is 1. The topological polar surface area (TPSA) is 132 Å². The number of hydrogen-bond acceptors (Lipinski definition) is 8. The highest BCUT2D eigenvalue weighted by atomic mass is 79.9. The predicted molar refractivity (Wildman–Crippen MR) is 110 cm³/mol. The fraction of sp³-hybridized carbons (Fsp3) is 0.438. The van der Waals surface area contributed by atoms with E-state index in [2.05, 4.69) is 46.4 Å². The molecular formula is C16H21BrFN7O2S. The number of nitrogens with zero attached hydrogens (tertiary/aromatic N) is 4. The van der Waals surface area contributed by atoms with Crippen LogP contribution in [0.25, 0.3) is 0 Å². The standard InChI is InChI=1S/C16H21BrFN7O2S/c1-28(19,21-9-10-2-3-10)7-6-20-15-14(24-27-25-15)16(23-26)22-11-4-5-13(18)12(17)8-11/h4-5,8,10,19,26H,2-3,6-7,9H2,1H3,(H,20,25)(H,22,23). The fourth-order valence-corrected chi connectivity index (χ4v) is 3.85. The lowest BCUT2D eigenvalue weighted by Gasteiger charge is -2.10. The van der Waals surface area contributed by atoms with Crippen molar-refractivity contribution in [3.05, 3.63) is 34.2 Å². The van der Waals surface area contributed by atoms with Crippen LogP contribution in [0, 0.1) is 16.5 Å². The maximum atomic E-state index is 13.4. The average Bonchev–Trinajstić information content (AvgIpc) is 3.38. The largest absolute Gasteiger partial charge is 0.409 e. The molecule has 3 rings (SSSR count). The molecule has 12 heteroatoms. The van der Waals surface area contributed by atoms with Crippen LogP contribution in [-0.2, 0) is 9.62 Å². The molecule has 0 amide bonds. The molecule has 1 heterocycles. The van der Waals surface area contributed by atoms with Gasteiger partial charge in [-0.15, -0.1) is 0 Å². The van der Waals surface area contributed by atoms with Gasteiger partial charge in [0.25, 0.3) is 0 Å². The van der Waals surface area contributed by atoms with Crippen LogP contribution in [0.3, 0.4) is 0 Å². The van der Waals surface area contributed by atoms with Crippen molar-refractivity contribution >= 4 is 42.9 Å². The molecule has 1 saturated carbocycles. The van der Waals surface area contributed by atoms with Crippen LogP contribution in [0.1, 0.15) is 18.5 Å². The Hall–Kier alpha value is -2.21. The summed E-state index contributed by atoms with van der Waals surface area (Å²) in [7, 11) is -1.79. The van der Waals surface area contributed by atoms with Crippen molar-refractivity contribution in [1.29, 1.82) is 4.78 Å². The zero-order valence-corrected chi connectivity index (χ0v) is 17.6. The van der Waals surface area contributed by atoms with Gasteiger partial charge in [-0.1, -0.05) is 14.8 Å². The normalized spacial score (nSPS) is 16.5. The van der Waals surface area contributed by atoms with Crippen molar-refractivity contribution < 1.29 is 14.2 Å². The molecule has 1 aromatic heterocycles. The van der Waals surface area contributed by atoms with Crippen LogP contribution in [0.2, 0.25) is 0 Å². The van der Waals surface area contributed by atoms with E-state index in [9.17, 15) is 9.60 Å². The van der Waals surface area contributed by atoms with Gasteiger partial charge in [-0.25, -0.2) is 9.02 Å². The van der Waals surface area contributed by atoms with Gasteiger partial charge in [0.2, 0.25) is 11.7 Å². The molecule has 0 saturated heterocycles. The van der Waals surface area contributed by atoms with Crippen LogP contribution in [-0.4, -0.2) is 46.5 Å². The molecule has 1 aliphatic carbocycles. The Bertz CT molecular complexity index is 983. The minimum absolute atomic E-state index is 0.0124. The number of aromatic nitrogens is 2. The van der Waals surface area contributed by atoms with Gasteiger partial charge < -0.3 is 15.8 Å². The third kappa shape index (κ3) is 5.64. The lowest BCUT2D eigenvalue weighted by atomic mass is 10.3. The Morgan fingerprint density at radius 3 is 2.93 bits per heavy atom. The third-order valence-corrected chi connectivity index (χ3v) is 6.43. The average molecular weight is 474 g/mol. The highest BCUT2D eigenvalue weighted by Crippen LogP contribution is 2.29. The van der Waals surface area contributed by atoms with Crippen molar-refractivity contribution in [3.63, 3.8) is 0 Å². The summed E-state index contributed by atoms with van der Waals surface area (Å²) in [6.07, 6.45) is 4.28. The van der Waals surface area contributed by atoms with Gasteiger partial charge >= 0.3 is 0 Å². The monoisotopic (exact) mass is 473 g/mol. The molecule has 1 aliphatic rings. The quantitative estimate of drug-likeness (QED) is 0.199. The zero-order chi connectivity index (χ0) is 20.1. The number of nitrogens with one attached hydrogen (secondary N) is 3. The van der Waals surface area contributed by atoms with Gasteiger partial charge in [0.1, 0.15) is 5.82 Å². The van der Waals surface area contributed by atoms with E-state index < -0.39 is 15.4 Å². The minimum atomic E-state index is -1.79. The lowest BCUT2D eigenvalue weighted by molar-refractivity contribution is 0.305. The second kappa shape index (κ2) is 8.86. The predicted octanol–water partition coefficient (Wildman–Crippen LogP) is 3.77. The van der Waals surface area contributed by atoms with Crippen molar-refractivity contribution in [2.24, 2.45) is 15.4 Å². The van der Waals surface area contributed by atoms with Crippen LogP contribution < -0.4 is 10.6 Å². The number of rotatable bonds is 8. The molecule has 0 aliphatic heterocycles. The molecule has 1 aromatic carbocycles. The zero-order valence-electron chi connectivity index (χ0n) is 15.2.